The average molecular weight is 609 g/mol. The SMILES string of the molecule is c1ccc2c(c1)Oc1ccc(-c3ccccc3-c3ccc4c(c3)C3(c5ccccc5-c5ccccc53)c3ccccc3-4)c3cccc-2c13. The minimum absolute atomic E-state index is 0.366. The van der Waals surface area contributed by atoms with E-state index in [1.807, 2.05) is 6.07 Å². The summed E-state index contributed by atoms with van der Waals surface area (Å²) in [7, 11) is 0. The van der Waals surface area contributed by atoms with Crippen molar-refractivity contribution in [2.75, 3.05) is 0 Å². The number of benzene rings is 8. The van der Waals surface area contributed by atoms with Crippen molar-refractivity contribution in [1.82, 2.24) is 0 Å². The van der Waals surface area contributed by atoms with Crippen LogP contribution in [0.25, 0.3) is 66.4 Å². The first-order chi connectivity index (χ1) is 23.8. The highest BCUT2D eigenvalue weighted by Crippen LogP contribution is 2.63. The fraction of sp³-hybridized carbons (Fsp3) is 0.0213. The van der Waals surface area contributed by atoms with E-state index >= 15 is 0 Å². The Kier molecular flexibility index (Phi) is 5.10. The molecule has 8 aromatic rings. The van der Waals surface area contributed by atoms with Gasteiger partial charge in [0.15, 0.2) is 0 Å². The maximum absolute atomic E-state index is 6.45. The maximum Gasteiger partial charge on any atom is 0.135 e. The quantitative estimate of drug-likeness (QED) is 0.190. The van der Waals surface area contributed by atoms with E-state index in [0.29, 0.717) is 0 Å². The van der Waals surface area contributed by atoms with Gasteiger partial charge < -0.3 is 4.74 Å². The fourth-order valence-corrected chi connectivity index (χ4v) is 9.05. The molecule has 0 atom stereocenters. The number of ether oxygens (including phenoxy) is 1. The third kappa shape index (κ3) is 3.21. The van der Waals surface area contributed by atoms with Crippen LogP contribution in [0.5, 0.6) is 11.5 Å². The second kappa shape index (κ2) is 9.44. The number of hydrogen-bond donors (Lipinski definition) is 0. The van der Waals surface area contributed by atoms with Crippen molar-refractivity contribution in [3.8, 4) is 67.1 Å². The summed E-state index contributed by atoms with van der Waals surface area (Å²) in [6.07, 6.45) is 0. The molecule has 1 spiro atoms. The molecule has 0 unspecified atom stereocenters. The van der Waals surface area contributed by atoms with Gasteiger partial charge in [-0.25, -0.2) is 0 Å². The van der Waals surface area contributed by atoms with Crippen LogP contribution in [0, 0.1) is 0 Å². The van der Waals surface area contributed by atoms with E-state index in [4.69, 9.17) is 4.74 Å². The first kappa shape index (κ1) is 25.9. The second-order valence-electron chi connectivity index (χ2n) is 13.1. The highest BCUT2D eigenvalue weighted by Gasteiger charge is 2.51. The first-order valence-corrected chi connectivity index (χ1v) is 16.7. The molecule has 2 aliphatic carbocycles. The Bertz CT molecular complexity index is 2600. The topological polar surface area (TPSA) is 9.23 Å². The third-order valence-corrected chi connectivity index (χ3v) is 10.9. The van der Waals surface area contributed by atoms with Gasteiger partial charge in [-0.1, -0.05) is 152 Å². The van der Waals surface area contributed by atoms with Crippen molar-refractivity contribution in [3.05, 3.63) is 192 Å². The van der Waals surface area contributed by atoms with Crippen LogP contribution < -0.4 is 4.74 Å². The predicted molar refractivity (Wildman–Crippen MR) is 197 cm³/mol. The molecule has 0 saturated heterocycles. The van der Waals surface area contributed by atoms with Gasteiger partial charge in [-0.05, 0) is 95.9 Å². The molecule has 1 heterocycles. The van der Waals surface area contributed by atoms with Crippen molar-refractivity contribution < 1.29 is 4.74 Å². The lowest BCUT2D eigenvalue weighted by Crippen LogP contribution is -2.25. The van der Waals surface area contributed by atoms with Crippen LogP contribution in [0.4, 0.5) is 0 Å². The van der Waals surface area contributed by atoms with Crippen LogP contribution >= 0.6 is 0 Å². The van der Waals surface area contributed by atoms with E-state index in [0.717, 1.165) is 17.1 Å². The lowest BCUT2D eigenvalue weighted by molar-refractivity contribution is 0.487. The summed E-state index contributed by atoms with van der Waals surface area (Å²) >= 11 is 0. The van der Waals surface area contributed by atoms with Crippen LogP contribution in [-0.4, -0.2) is 0 Å². The number of hydrogen-bond acceptors (Lipinski definition) is 1. The monoisotopic (exact) mass is 608 g/mol. The number of fused-ring (bicyclic) bond motifs is 12. The molecule has 0 amide bonds. The first-order valence-electron chi connectivity index (χ1n) is 16.7. The largest absolute Gasteiger partial charge is 0.456 e. The Morgan fingerprint density at radius 3 is 1.52 bits per heavy atom. The molecule has 1 aliphatic heterocycles. The molecule has 48 heavy (non-hydrogen) atoms. The van der Waals surface area contributed by atoms with E-state index in [-0.39, 0.29) is 5.41 Å². The molecule has 1 nitrogen and oxygen atoms in total. The molecule has 0 radical (unpaired) electrons. The van der Waals surface area contributed by atoms with Crippen molar-refractivity contribution >= 4 is 10.8 Å². The van der Waals surface area contributed by atoms with Crippen molar-refractivity contribution in [1.29, 1.82) is 0 Å². The van der Waals surface area contributed by atoms with Crippen LogP contribution in [-0.2, 0) is 5.41 Å². The molecule has 0 N–H and O–H groups in total. The van der Waals surface area contributed by atoms with Gasteiger partial charge in [0.1, 0.15) is 11.5 Å². The zero-order chi connectivity index (χ0) is 31.4. The van der Waals surface area contributed by atoms with Gasteiger partial charge in [0, 0.05) is 10.9 Å². The molecular weight excluding hydrogens is 581 g/mol. The maximum atomic E-state index is 6.45. The molecule has 0 bridgehead atoms. The summed E-state index contributed by atoms with van der Waals surface area (Å²) in [6, 6.07) is 62.5. The predicted octanol–water partition coefficient (Wildman–Crippen LogP) is 12.3. The molecule has 0 fully saturated rings. The third-order valence-electron chi connectivity index (χ3n) is 10.9. The summed E-state index contributed by atoms with van der Waals surface area (Å²) in [4.78, 5) is 0. The highest BCUT2D eigenvalue weighted by atomic mass is 16.5. The zero-order valence-corrected chi connectivity index (χ0v) is 26.1. The standard InChI is InChI=1S/C47H28O/c1-2-13-31(32-26-27-45-46-38(32)18-11-19-39(46)37-17-6-10-23-44(37)48-45)30(12-1)29-24-25-36-35-16-5-9-22-42(35)47(43(36)28-29)40-20-7-3-14-33(40)34-15-4-8-21-41(34)47/h1-28H. The Labute approximate surface area is 279 Å². The van der Waals surface area contributed by atoms with E-state index in [2.05, 4.69) is 164 Å². The lowest BCUT2D eigenvalue weighted by Gasteiger charge is -2.30. The summed E-state index contributed by atoms with van der Waals surface area (Å²) in [5, 5.41) is 2.38. The zero-order valence-electron chi connectivity index (χ0n) is 26.1. The van der Waals surface area contributed by atoms with Gasteiger partial charge >= 0.3 is 0 Å². The van der Waals surface area contributed by atoms with Crippen molar-refractivity contribution in [2.45, 2.75) is 5.41 Å². The van der Waals surface area contributed by atoms with Gasteiger partial charge in [-0.2, -0.15) is 0 Å². The van der Waals surface area contributed by atoms with E-state index in [1.165, 1.54) is 83.1 Å². The van der Waals surface area contributed by atoms with Crippen LogP contribution in [0.15, 0.2) is 170 Å². The molecule has 0 saturated carbocycles. The Balaban J connectivity index is 1.16. The minimum atomic E-state index is -0.366. The summed E-state index contributed by atoms with van der Waals surface area (Å²) in [6.45, 7) is 0. The highest BCUT2D eigenvalue weighted by molar-refractivity contribution is 6.11. The van der Waals surface area contributed by atoms with Crippen LogP contribution in [0.1, 0.15) is 22.3 Å². The van der Waals surface area contributed by atoms with Gasteiger partial charge in [0.05, 0.1) is 5.41 Å². The summed E-state index contributed by atoms with van der Waals surface area (Å²) in [5.74, 6) is 1.82. The average Bonchev–Trinajstić information content (AvgIpc) is 3.62. The fourth-order valence-electron chi connectivity index (χ4n) is 9.05. The van der Waals surface area contributed by atoms with E-state index < -0.39 is 0 Å². The van der Waals surface area contributed by atoms with Gasteiger partial charge in [-0.3, -0.25) is 0 Å². The lowest BCUT2D eigenvalue weighted by atomic mass is 9.70. The van der Waals surface area contributed by atoms with Gasteiger partial charge in [0.25, 0.3) is 0 Å². The summed E-state index contributed by atoms with van der Waals surface area (Å²) in [5.41, 5.74) is 17.6. The Morgan fingerprint density at radius 2 is 0.833 bits per heavy atom. The minimum Gasteiger partial charge on any atom is -0.456 e. The second-order valence-corrected chi connectivity index (χ2v) is 13.1. The normalized spacial score (nSPS) is 13.8. The van der Waals surface area contributed by atoms with Gasteiger partial charge in [-0.15, -0.1) is 0 Å². The smallest absolute Gasteiger partial charge is 0.135 e. The van der Waals surface area contributed by atoms with Gasteiger partial charge in [0.2, 0.25) is 0 Å². The Morgan fingerprint density at radius 1 is 0.312 bits per heavy atom. The van der Waals surface area contributed by atoms with E-state index in [9.17, 15) is 0 Å². The molecule has 8 aromatic carbocycles. The molecule has 1 heteroatoms. The van der Waals surface area contributed by atoms with Crippen LogP contribution in [0.3, 0.4) is 0 Å². The number of rotatable bonds is 2. The van der Waals surface area contributed by atoms with Crippen LogP contribution in [0.2, 0.25) is 0 Å². The molecule has 0 aromatic heterocycles. The van der Waals surface area contributed by atoms with Crippen molar-refractivity contribution in [2.24, 2.45) is 0 Å². The molecular formula is C47H28O. The van der Waals surface area contributed by atoms with E-state index in [1.54, 1.807) is 0 Å². The summed E-state index contributed by atoms with van der Waals surface area (Å²) < 4.78 is 6.45. The molecule has 222 valence electrons. The Hall–Kier alpha value is -6.18. The van der Waals surface area contributed by atoms with Crippen molar-refractivity contribution in [3.63, 3.8) is 0 Å². The molecule has 3 aliphatic rings. The number of para-hydroxylation sites is 1. The molecule has 11 rings (SSSR count).